The van der Waals surface area contributed by atoms with E-state index in [4.69, 9.17) is 0 Å². The highest BCUT2D eigenvalue weighted by atomic mass is 16.2. The Morgan fingerprint density at radius 3 is 2.71 bits per heavy atom. The Bertz CT molecular complexity index is 265. The Morgan fingerprint density at radius 2 is 2.18 bits per heavy atom. The highest BCUT2D eigenvalue weighted by Crippen LogP contribution is 2.41. The minimum Gasteiger partial charge on any atom is -0.353 e. The van der Waals surface area contributed by atoms with E-state index in [1.807, 2.05) is 0 Å². The van der Waals surface area contributed by atoms with Crippen LogP contribution in [0.4, 0.5) is 0 Å². The molecular formula is C14H26N2O. The quantitative estimate of drug-likeness (QED) is 0.787. The van der Waals surface area contributed by atoms with Crippen molar-refractivity contribution < 1.29 is 4.79 Å². The lowest BCUT2D eigenvalue weighted by atomic mass is 9.82. The third-order valence-electron chi connectivity index (χ3n) is 4.88. The molecular weight excluding hydrogens is 212 g/mol. The minimum absolute atomic E-state index is 0.0414. The van der Waals surface area contributed by atoms with Gasteiger partial charge >= 0.3 is 0 Å². The Hall–Kier alpha value is -0.570. The summed E-state index contributed by atoms with van der Waals surface area (Å²) in [5.41, 5.74) is -0.0414. The van der Waals surface area contributed by atoms with Gasteiger partial charge in [-0.1, -0.05) is 19.8 Å². The summed E-state index contributed by atoms with van der Waals surface area (Å²) in [6, 6.07) is 0.321. The highest BCUT2D eigenvalue weighted by molar-refractivity contribution is 5.83. The molecule has 0 bridgehead atoms. The molecule has 3 heteroatoms. The van der Waals surface area contributed by atoms with Crippen LogP contribution in [0.25, 0.3) is 0 Å². The summed E-state index contributed by atoms with van der Waals surface area (Å²) in [6.45, 7) is 6.48. The number of amides is 1. The van der Waals surface area contributed by atoms with Crippen LogP contribution in [0.3, 0.4) is 0 Å². The molecule has 2 N–H and O–H groups in total. The first-order chi connectivity index (χ1) is 8.18. The Kier molecular flexibility index (Phi) is 4.08. The van der Waals surface area contributed by atoms with Crippen molar-refractivity contribution in [1.29, 1.82) is 0 Å². The van der Waals surface area contributed by atoms with E-state index in [0.29, 0.717) is 17.9 Å². The lowest BCUT2D eigenvalue weighted by molar-refractivity contribution is -0.132. The van der Waals surface area contributed by atoms with E-state index in [-0.39, 0.29) is 5.41 Å². The van der Waals surface area contributed by atoms with Crippen molar-refractivity contribution in [2.45, 2.75) is 58.4 Å². The predicted octanol–water partition coefficient (Wildman–Crippen LogP) is 2.07. The van der Waals surface area contributed by atoms with Gasteiger partial charge in [-0.05, 0) is 51.6 Å². The van der Waals surface area contributed by atoms with Crippen LogP contribution in [0.1, 0.15) is 52.4 Å². The van der Waals surface area contributed by atoms with Crippen LogP contribution in [0, 0.1) is 11.3 Å². The van der Waals surface area contributed by atoms with E-state index in [9.17, 15) is 4.79 Å². The van der Waals surface area contributed by atoms with Gasteiger partial charge in [-0.25, -0.2) is 0 Å². The first-order valence-corrected chi connectivity index (χ1v) is 7.19. The average Bonchev–Trinajstić information content (AvgIpc) is 3.01. The molecule has 17 heavy (non-hydrogen) atoms. The average molecular weight is 238 g/mol. The van der Waals surface area contributed by atoms with Crippen molar-refractivity contribution in [3.05, 3.63) is 0 Å². The smallest absolute Gasteiger partial charge is 0.226 e. The van der Waals surface area contributed by atoms with Crippen LogP contribution >= 0.6 is 0 Å². The van der Waals surface area contributed by atoms with Crippen molar-refractivity contribution >= 4 is 5.91 Å². The normalized spacial score (nSPS) is 29.2. The molecule has 0 aromatic heterocycles. The molecule has 1 aliphatic carbocycles. The van der Waals surface area contributed by atoms with Gasteiger partial charge in [0.25, 0.3) is 0 Å². The predicted molar refractivity (Wildman–Crippen MR) is 69.8 cm³/mol. The number of nitrogens with one attached hydrogen (secondary N) is 2. The molecule has 0 aromatic carbocycles. The molecule has 1 amide bonds. The molecule has 1 saturated heterocycles. The number of hydrogen-bond acceptors (Lipinski definition) is 2. The van der Waals surface area contributed by atoms with E-state index >= 15 is 0 Å². The number of rotatable bonds is 4. The zero-order chi connectivity index (χ0) is 12.3. The molecule has 1 heterocycles. The summed E-state index contributed by atoms with van der Waals surface area (Å²) in [4.78, 5) is 12.4. The summed E-state index contributed by atoms with van der Waals surface area (Å²) in [5, 5.41) is 6.64. The molecule has 2 rings (SSSR count). The first-order valence-electron chi connectivity index (χ1n) is 7.19. The van der Waals surface area contributed by atoms with Gasteiger partial charge in [0.05, 0.1) is 0 Å². The maximum absolute atomic E-state index is 12.4. The maximum atomic E-state index is 12.4. The largest absolute Gasteiger partial charge is 0.353 e. The number of carbonyl (C=O) groups excluding carboxylic acids is 1. The second-order valence-electron chi connectivity index (χ2n) is 5.86. The molecule has 0 spiro atoms. The second-order valence-corrected chi connectivity index (χ2v) is 5.86. The van der Waals surface area contributed by atoms with E-state index in [0.717, 1.165) is 32.4 Å². The monoisotopic (exact) mass is 238 g/mol. The molecule has 1 saturated carbocycles. The van der Waals surface area contributed by atoms with Crippen molar-refractivity contribution in [3.63, 3.8) is 0 Å². The molecule has 2 fully saturated rings. The van der Waals surface area contributed by atoms with Gasteiger partial charge in [-0.15, -0.1) is 0 Å². The van der Waals surface area contributed by atoms with Crippen LogP contribution in [0.5, 0.6) is 0 Å². The van der Waals surface area contributed by atoms with Gasteiger partial charge < -0.3 is 10.6 Å². The molecule has 2 aliphatic rings. The molecule has 3 nitrogen and oxygen atoms in total. The fourth-order valence-corrected chi connectivity index (χ4v) is 3.37. The topological polar surface area (TPSA) is 41.1 Å². The van der Waals surface area contributed by atoms with Crippen LogP contribution in [-0.2, 0) is 4.79 Å². The van der Waals surface area contributed by atoms with Crippen molar-refractivity contribution in [2.75, 3.05) is 13.1 Å². The fraction of sp³-hybridized carbons (Fsp3) is 0.929. The summed E-state index contributed by atoms with van der Waals surface area (Å²) in [7, 11) is 0. The third kappa shape index (κ3) is 2.65. The van der Waals surface area contributed by atoms with E-state index in [1.165, 1.54) is 19.3 Å². The number of hydrogen-bond donors (Lipinski definition) is 2. The summed E-state index contributed by atoms with van der Waals surface area (Å²) in [6.07, 6.45) is 6.81. The van der Waals surface area contributed by atoms with Crippen LogP contribution in [0.2, 0.25) is 0 Å². The van der Waals surface area contributed by atoms with Gasteiger partial charge in [0, 0.05) is 11.5 Å². The zero-order valence-electron chi connectivity index (χ0n) is 11.2. The van der Waals surface area contributed by atoms with Crippen LogP contribution in [-0.4, -0.2) is 25.0 Å². The lowest BCUT2D eigenvalue weighted by Gasteiger charge is -2.30. The van der Waals surface area contributed by atoms with Gasteiger partial charge in [0.1, 0.15) is 0 Å². The second kappa shape index (κ2) is 5.38. The van der Waals surface area contributed by atoms with Crippen LogP contribution in [0.15, 0.2) is 0 Å². The summed E-state index contributed by atoms with van der Waals surface area (Å²) < 4.78 is 0. The Labute approximate surface area is 105 Å². The van der Waals surface area contributed by atoms with Crippen molar-refractivity contribution in [2.24, 2.45) is 11.3 Å². The summed E-state index contributed by atoms with van der Waals surface area (Å²) >= 11 is 0. The van der Waals surface area contributed by atoms with Crippen LogP contribution < -0.4 is 10.6 Å². The standard InChI is InChI=1S/C14H26N2O/c1-3-14(7-4-5-8-14)13(17)16-11(2)12-6-9-15-10-12/h11-12,15H,3-10H2,1-2H3,(H,16,17). The van der Waals surface area contributed by atoms with Gasteiger partial charge in [0.15, 0.2) is 0 Å². The molecule has 0 aromatic rings. The van der Waals surface area contributed by atoms with Gasteiger partial charge in [-0.2, -0.15) is 0 Å². The lowest BCUT2D eigenvalue weighted by Crippen LogP contribution is -2.46. The Balaban J connectivity index is 1.90. The van der Waals surface area contributed by atoms with E-state index in [2.05, 4.69) is 24.5 Å². The van der Waals surface area contributed by atoms with Crippen molar-refractivity contribution in [3.8, 4) is 0 Å². The Morgan fingerprint density at radius 1 is 1.47 bits per heavy atom. The molecule has 1 aliphatic heterocycles. The molecule has 0 radical (unpaired) electrons. The summed E-state index contributed by atoms with van der Waals surface area (Å²) in [5.74, 6) is 0.936. The molecule has 2 atom stereocenters. The van der Waals surface area contributed by atoms with Gasteiger partial charge in [-0.3, -0.25) is 4.79 Å². The molecule has 98 valence electrons. The third-order valence-corrected chi connectivity index (χ3v) is 4.88. The SMILES string of the molecule is CCC1(C(=O)NC(C)C2CCNC2)CCCC1. The zero-order valence-corrected chi connectivity index (χ0v) is 11.2. The first kappa shape index (κ1) is 12.9. The maximum Gasteiger partial charge on any atom is 0.226 e. The highest BCUT2D eigenvalue weighted by Gasteiger charge is 2.40. The van der Waals surface area contributed by atoms with Crippen molar-refractivity contribution in [1.82, 2.24) is 10.6 Å². The molecule has 2 unspecified atom stereocenters. The minimum atomic E-state index is -0.0414. The fourth-order valence-electron chi connectivity index (χ4n) is 3.37. The van der Waals surface area contributed by atoms with Gasteiger partial charge in [0.2, 0.25) is 5.91 Å². The van der Waals surface area contributed by atoms with E-state index < -0.39 is 0 Å². The van der Waals surface area contributed by atoms with E-state index in [1.54, 1.807) is 0 Å². The number of carbonyl (C=O) groups is 1.